The number of rotatable bonds is 0. The van der Waals surface area contributed by atoms with Crippen LogP contribution in [0.25, 0.3) is 11.0 Å². The Labute approximate surface area is 87.8 Å². The highest BCUT2D eigenvalue weighted by Crippen LogP contribution is 2.30. The van der Waals surface area contributed by atoms with E-state index in [1.165, 1.54) is 6.07 Å². The van der Waals surface area contributed by atoms with Crippen LogP contribution in [0.5, 0.6) is 0 Å². The molecule has 2 rings (SSSR count). The Balaban J connectivity index is 2.99. The highest BCUT2D eigenvalue weighted by atomic mass is 35.5. The number of nitriles is 1. The van der Waals surface area contributed by atoms with E-state index in [4.69, 9.17) is 28.5 Å². The second-order valence-electron chi connectivity index (χ2n) is 2.29. The van der Waals surface area contributed by atoms with Crippen LogP contribution in [0.2, 0.25) is 10.0 Å². The van der Waals surface area contributed by atoms with E-state index in [1.54, 1.807) is 0 Å². The third-order valence-electron chi connectivity index (χ3n) is 1.56. The Kier molecular flexibility index (Phi) is 2.08. The molecule has 6 heteroatoms. The summed E-state index contributed by atoms with van der Waals surface area (Å²) in [6.45, 7) is 0. The van der Waals surface area contributed by atoms with Crippen molar-refractivity contribution < 1.29 is 0 Å². The summed E-state index contributed by atoms with van der Waals surface area (Å²) in [4.78, 5) is 0. The number of halogens is 2. The average Bonchev–Trinajstić information content (AvgIpc) is 2.53. The smallest absolute Gasteiger partial charge is 0.125 e. The first-order chi connectivity index (χ1) is 6.24. The normalized spacial score (nSPS) is 10.2. The number of aromatic nitrogens is 2. The van der Waals surface area contributed by atoms with Crippen molar-refractivity contribution in [2.45, 2.75) is 0 Å². The third-order valence-corrected chi connectivity index (χ3v) is 2.67. The fraction of sp³-hybridized carbons (Fsp3) is 0. The summed E-state index contributed by atoms with van der Waals surface area (Å²) < 4.78 is 7.91. The molecule has 1 heterocycles. The molecule has 1 aromatic carbocycles. The minimum Gasteiger partial charge on any atom is -0.192 e. The molecule has 0 aliphatic heterocycles. The molecule has 2 aromatic rings. The van der Waals surface area contributed by atoms with Crippen molar-refractivity contribution in [3.05, 3.63) is 21.7 Å². The van der Waals surface area contributed by atoms with Crippen molar-refractivity contribution in [1.29, 1.82) is 5.26 Å². The summed E-state index contributed by atoms with van der Waals surface area (Å²) in [6, 6.07) is 3.47. The van der Waals surface area contributed by atoms with Crippen LogP contribution >= 0.6 is 34.9 Å². The number of hydrogen-bond donors (Lipinski definition) is 0. The number of benzene rings is 1. The standard InChI is InChI=1S/C7HCl2N3S/c8-4-1-5(9)7-6(3(4)2-10)11-13-12-7/h1H. The van der Waals surface area contributed by atoms with Gasteiger partial charge in [0.2, 0.25) is 0 Å². The Bertz CT molecular complexity index is 514. The summed E-state index contributed by atoms with van der Waals surface area (Å²) in [5, 5.41) is 9.52. The molecule has 0 atom stereocenters. The summed E-state index contributed by atoms with van der Waals surface area (Å²) in [7, 11) is 0. The summed E-state index contributed by atoms with van der Waals surface area (Å²) in [6.07, 6.45) is 0. The molecule has 0 unspecified atom stereocenters. The lowest BCUT2D eigenvalue weighted by atomic mass is 10.2. The van der Waals surface area contributed by atoms with Crippen LogP contribution in [0.4, 0.5) is 0 Å². The molecule has 1 aromatic heterocycles. The lowest BCUT2D eigenvalue weighted by Gasteiger charge is -1.96. The first-order valence-electron chi connectivity index (χ1n) is 3.24. The lowest BCUT2D eigenvalue weighted by molar-refractivity contribution is 1.49. The van der Waals surface area contributed by atoms with Crippen molar-refractivity contribution in [1.82, 2.24) is 8.75 Å². The fourth-order valence-electron chi connectivity index (χ4n) is 0.981. The number of fused-ring (bicyclic) bond motifs is 1. The predicted octanol–water partition coefficient (Wildman–Crippen LogP) is 2.87. The highest BCUT2D eigenvalue weighted by molar-refractivity contribution is 7.00. The van der Waals surface area contributed by atoms with Gasteiger partial charge in [0.1, 0.15) is 17.1 Å². The van der Waals surface area contributed by atoms with Crippen molar-refractivity contribution in [3.8, 4) is 6.07 Å². The van der Waals surface area contributed by atoms with Crippen molar-refractivity contribution in [2.24, 2.45) is 0 Å². The third kappa shape index (κ3) is 1.25. The van der Waals surface area contributed by atoms with Gasteiger partial charge in [-0.3, -0.25) is 0 Å². The second-order valence-corrected chi connectivity index (χ2v) is 3.63. The van der Waals surface area contributed by atoms with Gasteiger partial charge in [-0.2, -0.15) is 14.0 Å². The van der Waals surface area contributed by atoms with Crippen molar-refractivity contribution in [2.75, 3.05) is 0 Å². The molecule has 0 aliphatic carbocycles. The number of hydrogen-bond acceptors (Lipinski definition) is 4. The van der Waals surface area contributed by atoms with E-state index in [9.17, 15) is 0 Å². The van der Waals surface area contributed by atoms with Gasteiger partial charge in [0.15, 0.2) is 0 Å². The zero-order valence-electron chi connectivity index (χ0n) is 6.08. The molecular formula is C7HCl2N3S. The molecule has 0 saturated carbocycles. The van der Waals surface area contributed by atoms with Crippen LogP contribution in [0.15, 0.2) is 6.07 Å². The van der Waals surface area contributed by atoms with Gasteiger partial charge >= 0.3 is 0 Å². The van der Waals surface area contributed by atoms with Gasteiger partial charge in [-0.25, -0.2) is 0 Å². The van der Waals surface area contributed by atoms with E-state index in [2.05, 4.69) is 8.75 Å². The van der Waals surface area contributed by atoms with E-state index in [-0.39, 0.29) is 0 Å². The van der Waals surface area contributed by atoms with Crippen LogP contribution in [0, 0.1) is 11.3 Å². The Morgan fingerprint density at radius 1 is 1.23 bits per heavy atom. The highest BCUT2D eigenvalue weighted by Gasteiger charge is 2.12. The minimum absolute atomic E-state index is 0.313. The van der Waals surface area contributed by atoms with Gasteiger partial charge in [-0.1, -0.05) is 23.2 Å². The van der Waals surface area contributed by atoms with Gasteiger partial charge in [0, 0.05) is 0 Å². The van der Waals surface area contributed by atoms with Crippen LogP contribution in [-0.2, 0) is 0 Å². The van der Waals surface area contributed by atoms with Gasteiger partial charge in [0.25, 0.3) is 0 Å². The van der Waals surface area contributed by atoms with Gasteiger partial charge in [0.05, 0.1) is 27.3 Å². The maximum atomic E-state index is 8.79. The molecule has 0 N–H and O–H groups in total. The van der Waals surface area contributed by atoms with Crippen LogP contribution in [-0.4, -0.2) is 8.75 Å². The van der Waals surface area contributed by atoms with Gasteiger partial charge in [-0.15, -0.1) is 0 Å². The van der Waals surface area contributed by atoms with Crippen molar-refractivity contribution >= 4 is 46.0 Å². The zero-order valence-corrected chi connectivity index (χ0v) is 8.41. The fourth-order valence-corrected chi connectivity index (χ4v) is 2.13. The Morgan fingerprint density at radius 2 is 1.92 bits per heavy atom. The first-order valence-corrected chi connectivity index (χ1v) is 4.73. The molecule has 0 spiro atoms. The van der Waals surface area contributed by atoms with Gasteiger partial charge < -0.3 is 0 Å². The van der Waals surface area contributed by atoms with Crippen molar-refractivity contribution in [3.63, 3.8) is 0 Å². The monoisotopic (exact) mass is 229 g/mol. The molecule has 13 heavy (non-hydrogen) atoms. The van der Waals surface area contributed by atoms with Crippen LogP contribution < -0.4 is 0 Å². The zero-order chi connectivity index (χ0) is 9.42. The molecule has 0 amide bonds. The molecule has 0 radical (unpaired) electrons. The topological polar surface area (TPSA) is 49.6 Å². The molecular weight excluding hydrogens is 229 g/mol. The summed E-state index contributed by atoms with van der Waals surface area (Å²) in [5.41, 5.74) is 1.34. The van der Waals surface area contributed by atoms with E-state index in [1.807, 2.05) is 6.07 Å². The SMILES string of the molecule is N#Cc1c(Cl)cc(Cl)c2nsnc12. The molecule has 0 saturated heterocycles. The van der Waals surface area contributed by atoms with Crippen LogP contribution in [0.1, 0.15) is 5.56 Å². The lowest BCUT2D eigenvalue weighted by Crippen LogP contribution is -1.81. The maximum Gasteiger partial charge on any atom is 0.125 e. The first kappa shape index (κ1) is 8.70. The minimum atomic E-state index is 0.313. The van der Waals surface area contributed by atoms with E-state index in [0.29, 0.717) is 26.6 Å². The maximum absolute atomic E-state index is 8.79. The largest absolute Gasteiger partial charge is 0.192 e. The van der Waals surface area contributed by atoms with E-state index in [0.717, 1.165) is 11.7 Å². The summed E-state index contributed by atoms with van der Waals surface area (Å²) >= 11 is 12.6. The second kappa shape index (κ2) is 3.11. The number of nitrogens with zero attached hydrogens (tertiary/aromatic N) is 3. The molecule has 0 aliphatic rings. The summed E-state index contributed by atoms with van der Waals surface area (Å²) in [5.74, 6) is 0. The van der Waals surface area contributed by atoms with Crippen LogP contribution in [0.3, 0.4) is 0 Å². The molecule has 0 fully saturated rings. The average molecular weight is 230 g/mol. The predicted molar refractivity (Wildman–Crippen MR) is 52.2 cm³/mol. The molecule has 0 bridgehead atoms. The Hall–Kier alpha value is -0.890. The quantitative estimate of drug-likeness (QED) is 0.699. The van der Waals surface area contributed by atoms with E-state index < -0.39 is 0 Å². The Morgan fingerprint density at radius 3 is 2.62 bits per heavy atom. The van der Waals surface area contributed by atoms with Gasteiger partial charge in [-0.05, 0) is 6.07 Å². The molecule has 3 nitrogen and oxygen atoms in total. The van der Waals surface area contributed by atoms with E-state index >= 15 is 0 Å². The molecule has 64 valence electrons.